The minimum atomic E-state index is -0.758. The molecule has 0 aliphatic rings. The molecule has 0 heterocycles. The van der Waals surface area contributed by atoms with Crippen molar-refractivity contribution >= 4 is 29.5 Å². The summed E-state index contributed by atoms with van der Waals surface area (Å²) in [6, 6.07) is -0.196. The predicted octanol–water partition coefficient (Wildman–Crippen LogP) is 0.619. The van der Waals surface area contributed by atoms with E-state index in [2.05, 4.69) is 10.4 Å². The summed E-state index contributed by atoms with van der Waals surface area (Å²) in [4.78, 5) is 10.5. The van der Waals surface area contributed by atoms with Crippen LogP contribution in [0.1, 0.15) is 0 Å². The fourth-order valence-electron chi connectivity index (χ4n) is 0.221. The molecule has 0 aliphatic heterocycles. The average Bonchev–Trinajstić information content (AvgIpc) is 1.87. The van der Waals surface area contributed by atoms with E-state index in [-0.39, 0.29) is 6.03 Å². The van der Waals surface area contributed by atoms with E-state index in [0.29, 0.717) is 8.27 Å². The molecule has 0 aromatic carbocycles. The topological polar surface area (TPSA) is 41.1 Å². The molecular formula is C3H9BN2OP2. The Labute approximate surface area is 59.2 Å². The van der Waals surface area contributed by atoms with Gasteiger partial charge < -0.3 is 10.4 Å². The fourth-order valence-corrected chi connectivity index (χ4v) is 1.30. The first kappa shape index (κ1) is 9.19. The summed E-state index contributed by atoms with van der Waals surface area (Å²) in [5.41, 5.74) is 0. The van der Waals surface area contributed by atoms with Gasteiger partial charge in [-0.2, -0.15) is 0 Å². The van der Waals surface area contributed by atoms with Gasteiger partial charge in [-0.3, -0.25) is 0 Å². The fraction of sp³-hybridized carbons (Fsp3) is 0.667. The Kier molecular flexibility index (Phi) is 5.13. The minimum absolute atomic E-state index is 0.196. The van der Waals surface area contributed by atoms with E-state index in [1.165, 1.54) is 0 Å². The van der Waals surface area contributed by atoms with Crippen LogP contribution in [0.5, 0.6) is 0 Å². The van der Waals surface area contributed by atoms with Crippen molar-refractivity contribution in [2.45, 2.75) is 0 Å². The summed E-state index contributed by atoms with van der Waals surface area (Å²) >= 11 is 0. The molecule has 0 saturated carbocycles. The molecule has 2 N–H and O–H groups in total. The molecule has 6 heteroatoms. The molecule has 0 spiro atoms. The second-order valence-corrected chi connectivity index (χ2v) is 5.48. The maximum absolute atomic E-state index is 10.5. The Morgan fingerprint density at radius 2 is 2.33 bits per heavy atom. The lowest BCUT2D eigenvalue weighted by Crippen LogP contribution is -2.28. The number of urea groups is 1. The van der Waals surface area contributed by atoms with Gasteiger partial charge in [0.2, 0.25) is 0 Å². The Morgan fingerprint density at radius 1 is 1.78 bits per heavy atom. The third-order valence-electron chi connectivity index (χ3n) is 0.690. The van der Waals surface area contributed by atoms with Crippen LogP contribution in [0.4, 0.5) is 4.79 Å². The third-order valence-corrected chi connectivity index (χ3v) is 3.40. The number of carbonyl (C=O) groups is 1. The third kappa shape index (κ3) is 4.68. The van der Waals surface area contributed by atoms with E-state index < -0.39 is 7.64 Å². The predicted molar refractivity (Wildman–Crippen MR) is 44.5 cm³/mol. The largest absolute Gasteiger partial charge is 0.341 e. The summed E-state index contributed by atoms with van der Waals surface area (Å²) in [6.45, 7) is 1.96. The molecule has 0 rings (SSSR count). The quantitative estimate of drug-likeness (QED) is 0.453. The molecule has 2 unspecified atom stereocenters. The van der Waals surface area contributed by atoms with E-state index in [1.54, 1.807) is 7.05 Å². The smallest absolute Gasteiger partial charge is 0.317 e. The van der Waals surface area contributed by atoms with Gasteiger partial charge in [0.25, 0.3) is 0 Å². The lowest BCUT2D eigenvalue weighted by atomic mass is 10.8. The standard InChI is InChI=1S/C3H9BN2OP2/c1-5-3(7)6-9(4)8-2/h8H,1-2H3,(H2,5,6,7). The van der Waals surface area contributed by atoms with Gasteiger partial charge in [-0.1, -0.05) is 8.27 Å². The number of hydrogen-bond acceptors (Lipinski definition) is 1. The maximum Gasteiger partial charge on any atom is 0.317 e. The van der Waals surface area contributed by atoms with Gasteiger partial charge >= 0.3 is 6.03 Å². The van der Waals surface area contributed by atoms with Gasteiger partial charge in [0.05, 0.1) is 0 Å². The summed E-state index contributed by atoms with van der Waals surface area (Å²) in [5, 5.41) is 5.00. The zero-order valence-electron chi connectivity index (χ0n) is 5.43. The van der Waals surface area contributed by atoms with Gasteiger partial charge in [-0.15, -0.1) is 0 Å². The second kappa shape index (κ2) is 5.02. The van der Waals surface area contributed by atoms with Crippen LogP contribution in [-0.4, -0.2) is 27.3 Å². The normalized spacial score (nSPS) is 13.6. The molecule has 0 bridgehead atoms. The second-order valence-electron chi connectivity index (χ2n) is 1.28. The monoisotopic (exact) mass is 162 g/mol. The van der Waals surface area contributed by atoms with Crippen molar-refractivity contribution in [2.24, 2.45) is 0 Å². The van der Waals surface area contributed by atoms with E-state index >= 15 is 0 Å². The van der Waals surface area contributed by atoms with Crippen molar-refractivity contribution in [3.05, 3.63) is 0 Å². The number of rotatable bonds is 2. The van der Waals surface area contributed by atoms with Crippen molar-refractivity contribution in [2.75, 3.05) is 13.7 Å². The number of amides is 2. The lowest BCUT2D eigenvalue weighted by molar-refractivity contribution is 0.248. The van der Waals surface area contributed by atoms with Gasteiger partial charge in [-0.05, 0) is 14.3 Å². The Balaban J connectivity index is 3.34. The van der Waals surface area contributed by atoms with Crippen LogP contribution in [-0.2, 0) is 0 Å². The molecular weight excluding hydrogens is 153 g/mol. The molecule has 9 heavy (non-hydrogen) atoms. The van der Waals surface area contributed by atoms with E-state index in [9.17, 15) is 4.79 Å². The molecule has 2 amide bonds. The number of carbonyl (C=O) groups excluding carboxylic acids is 1. The minimum Gasteiger partial charge on any atom is -0.341 e. The maximum atomic E-state index is 10.5. The van der Waals surface area contributed by atoms with Crippen molar-refractivity contribution < 1.29 is 4.79 Å². The molecule has 0 saturated heterocycles. The summed E-state index contributed by atoms with van der Waals surface area (Å²) in [7, 11) is 6.86. The van der Waals surface area contributed by atoms with Gasteiger partial charge in [0.15, 0.2) is 0 Å². The highest BCUT2D eigenvalue weighted by molar-refractivity contribution is 8.31. The van der Waals surface area contributed by atoms with E-state index in [4.69, 9.17) is 7.57 Å². The highest BCUT2D eigenvalue weighted by Crippen LogP contribution is 2.43. The van der Waals surface area contributed by atoms with Crippen LogP contribution >= 0.6 is 15.9 Å². The van der Waals surface area contributed by atoms with Crippen LogP contribution in [0, 0.1) is 0 Å². The van der Waals surface area contributed by atoms with Crippen LogP contribution in [0.15, 0.2) is 0 Å². The highest BCUT2D eigenvalue weighted by atomic mass is 32.1. The number of nitrogens with one attached hydrogen (secondary N) is 2. The lowest BCUT2D eigenvalue weighted by Gasteiger charge is -2.10. The average molecular weight is 162 g/mol. The van der Waals surface area contributed by atoms with Crippen molar-refractivity contribution in [1.29, 1.82) is 0 Å². The SMILES string of the molecule is [B]P(NC(=O)NC)PC. The first-order valence-electron chi connectivity index (χ1n) is 2.41. The molecule has 2 atom stereocenters. The van der Waals surface area contributed by atoms with Gasteiger partial charge in [0, 0.05) is 7.05 Å². The first-order valence-corrected chi connectivity index (χ1v) is 6.16. The van der Waals surface area contributed by atoms with Crippen molar-refractivity contribution in [3.8, 4) is 0 Å². The highest BCUT2D eigenvalue weighted by Gasteiger charge is 1.99. The van der Waals surface area contributed by atoms with Crippen LogP contribution < -0.4 is 10.4 Å². The summed E-state index contributed by atoms with van der Waals surface area (Å²) in [5.74, 6) is 0. The molecule has 0 aromatic rings. The first-order chi connectivity index (χ1) is 4.20. The zero-order chi connectivity index (χ0) is 7.28. The Bertz CT molecular complexity index is 102. The van der Waals surface area contributed by atoms with Crippen LogP contribution in [0.25, 0.3) is 0 Å². The Morgan fingerprint density at radius 3 is 2.67 bits per heavy atom. The number of hydrogen-bond donors (Lipinski definition) is 2. The van der Waals surface area contributed by atoms with Crippen LogP contribution in [0.3, 0.4) is 0 Å². The molecule has 3 nitrogen and oxygen atoms in total. The molecule has 50 valence electrons. The Hall–Kier alpha value is 0.195. The van der Waals surface area contributed by atoms with Gasteiger partial charge in [-0.25, -0.2) is 4.79 Å². The van der Waals surface area contributed by atoms with E-state index in [0.717, 1.165) is 0 Å². The van der Waals surface area contributed by atoms with Gasteiger partial charge in [0.1, 0.15) is 7.57 Å². The molecule has 0 aliphatic carbocycles. The summed E-state index contributed by atoms with van der Waals surface area (Å²) < 4.78 is 0. The zero-order valence-corrected chi connectivity index (χ0v) is 7.33. The van der Waals surface area contributed by atoms with Crippen LogP contribution in [0.2, 0.25) is 0 Å². The summed E-state index contributed by atoms with van der Waals surface area (Å²) in [6.07, 6.45) is 0. The van der Waals surface area contributed by atoms with E-state index in [1.807, 2.05) is 6.66 Å². The van der Waals surface area contributed by atoms with Crippen molar-refractivity contribution in [1.82, 2.24) is 10.4 Å². The molecule has 0 aromatic heterocycles. The molecule has 2 radical (unpaired) electrons. The van der Waals surface area contributed by atoms with Crippen molar-refractivity contribution in [3.63, 3.8) is 0 Å². The molecule has 0 fully saturated rings.